The number of hydrogen-bond donors (Lipinski definition) is 1. The van der Waals surface area contributed by atoms with Gasteiger partial charge >= 0.3 is 0 Å². The summed E-state index contributed by atoms with van der Waals surface area (Å²) in [6.07, 6.45) is 4.37. The Kier molecular flexibility index (Phi) is 5.13. The van der Waals surface area contributed by atoms with E-state index in [0.29, 0.717) is 5.69 Å². The van der Waals surface area contributed by atoms with Crippen molar-refractivity contribution in [3.63, 3.8) is 0 Å². The second kappa shape index (κ2) is 7.72. The molecule has 0 atom stereocenters. The molecule has 0 saturated heterocycles. The number of nitrogens with one attached hydrogen (secondary N) is 1. The van der Waals surface area contributed by atoms with Crippen molar-refractivity contribution in [2.45, 2.75) is 39.2 Å². The van der Waals surface area contributed by atoms with Gasteiger partial charge in [-0.3, -0.25) is 4.79 Å². The van der Waals surface area contributed by atoms with E-state index < -0.39 is 5.82 Å². The molecule has 5 nitrogen and oxygen atoms in total. The van der Waals surface area contributed by atoms with Gasteiger partial charge in [0.25, 0.3) is 5.91 Å². The molecule has 3 aromatic rings. The third-order valence-corrected chi connectivity index (χ3v) is 5.34. The number of anilines is 1. The molecular formula is C21H20ClFN4O. The molecule has 0 unspecified atom stereocenters. The van der Waals surface area contributed by atoms with Crippen LogP contribution in [-0.2, 0) is 13.0 Å². The zero-order valence-electron chi connectivity index (χ0n) is 15.5. The summed E-state index contributed by atoms with van der Waals surface area (Å²) in [4.78, 5) is 12.6. The normalized spacial score (nSPS) is 13.7. The molecule has 1 aromatic heterocycles. The van der Waals surface area contributed by atoms with Crippen LogP contribution >= 0.6 is 11.6 Å². The summed E-state index contributed by atoms with van der Waals surface area (Å²) < 4.78 is 15.4. The maximum absolute atomic E-state index is 13.2. The fourth-order valence-electron chi connectivity index (χ4n) is 3.46. The number of hydrogen-bond acceptors (Lipinski definition) is 3. The predicted molar refractivity (Wildman–Crippen MR) is 107 cm³/mol. The van der Waals surface area contributed by atoms with Crippen LogP contribution in [0, 0.1) is 12.7 Å². The maximum atomic E-state index is 13.2. The van der Waals surface area contributed by atoms with Gasteiger partial charge in [-0.15, -0.1) is 10.2 Å². The predicted octanol–water partition coefficient (Wildman–Crippen LogP) is 5.02. The molecule has 0 fully saturated rings. The van der Waals surface area contributed by atoms with Gasteiger partial charge in [-0.2, -0.15) is 0 Å². The molecule has 1 N–H and O–H groups in total. The highest BCUT2D eigenvalue weighted by atomic mass is 35.5. The first-order valence-electron chi connectivity index (χ1n) is 9.32. The van der Waals surface area contributed by atoms with E-state index in [1.165, 1.54) is 18.6 Å². The number of carbonyl (C=O) groups is 1. The zero-order chi connectivity index (χ0) is 19.7. The number of amides is 1. The number of fused-ring (bicyclic) bond motifs is 1. The van der Waals surface area contributed by atoms with Crippen molar-refractivity contribution in [2.24, 2.45) is 0 Å². The summed E-state index contributed by atoms with van der Waals surface area (Å²) in [5.41, 5.74) is 2.69. The molecule has 28 heavy (non-hydrogen) atoms. The van der Waals surface area contributed by atoms with E-state index in [0.717, 1.165) is 54.6 Å². The van der Waals surface area contributed by atoms with Crippen LogP contribution in [0.2, 0.25) is 5.02 Å². The average molecular weight is 399 g/mol. The standard InChI is InChI=1S/C21H20ClFN4O/c1-13-6-7-14(20-26-25-19-5-3-2-4-10-27(19)20)11-18(13)24-21(28)16-9-8-15(23)12-17(16)22/h6-9,11-12H,2-5,10H2,1H3,(H,24,28). The Morgan fingerprint density at radius 2 is 2.00 bits per heavy atom. The van der Waals surface area contributed by atoms with E-state index in [1.54, 1.807) is 0 Å². The van der Waals surface area contributed by atoms with Gasteiger partial charge in [-0.1, -0.05) is 30.2 Å². The molecule has 4 rings (SSSR count). The second-order valence-corrected chi connectivity index (χ2v) is 7.42. The Morgan fingerprint density at radius 1 is 1.14 bits per heavy atom. The van der Waals surface area contributed by atoms with Crippen LogP contribution in [0.25, 0.3) is 11.4 Å². The van der Waals surface area contributed by atoms with Crippen molar-refractivity contribution in [3.8, 4) is 11.4 Å². The molecule has 2 aromatic carbocycles. The summed E-state index contributed by atoms with van der Waals surface area (Å²) in [6, 6.07) is 9.55. The van der Waals surface area contributed by atoms with Gasteiger partial charge in [0.2, 0.25) is 0 Å². The number of carbonyl (C=O) groups excluding carboxylic acids is 1. The lowest BCUT2D eigenvalue weighted by Crippen LogP contribution is -2.13. The smallest absolute Gasteiger partial charge is 0.257 e. The number of nitrogens with zero attached hydrogens (tertiary/aromatic N) is 3. The fraction of sp³-hybridized carbons (Fsp3) is 0.286. The summed E-state index contributed by atoms with van der Waals surface area (Å²) in [5, 5.41) is 11.7. The van der Waals surface area contributed by atoms with Crippen molar-refractivity contribution in [2.75, 3.05) is 5.32 Å². The Morgan fingerprint density at radius 3 is 2.82 bits per heavy atom. The Hall–Kier alpha value is -2.73. The third-order valence-electron chi connectivity index (χ3n) is 5.03. The average Bonchev–Trinajstić information content (AvgIpc) is 2.91. The largest absolute Gasteiger partial charge is 0.322 e. The van der Waals surface area contributed by atoms with Crippen LogP contribution in [0.3, 0.4) is 0 Å². The van der Waals surface area contributed by atoms with Gasteiger partial charge in [-0.25, -0.2) is 4.39 Å². The Balaban J connectivity index is 1.65. The highest BCUT2D eigenvalue weighted by Crippen LogP contribution is 2.28. The van der Waals surface area contributed by atoms with E-state index >= 15 is 0 Å². The highest BCUT2D eigenvalue weighted by Gasteiger charge is 2.18. The lowest BCUT2D eigenvalue weighted by molar-refractivity contribution is 0.102. The van der Waals surface area contributed by atoms with Gasteiger partial charge in [0.15, 0.2) is 5.82 Å². The van der Waals surface area contributed by atoms with E-state index in [9.17, 15) is 9.18 Å². The topological polar surface area (TPSA) is 59.8 Å². The molecule has 0 radical (unpaired) electrons. The Labute approximate surface area is 167 Å². The van der Waals surface area contributed by atoms with Gasteiger partial charge in [-0.05, 0) is 49.6 Å². The molecule has 0 aliphatic carbocycles. The fourth-order valence-corrected chi connectivity index (χ4v) is 3.71. The number of rotatable bonds is 3. The molecular weight excluding hydrogens is 379 g/mol. The molecule has 2 heterocycles. The van der Waals surface area contributed by atoms with Crippen molar-refractivity contribution in [1.29, 1.82) is 0 Å². The molecule has 0 saturated carbocycles. The van der Waals surface area contributed by atoms with Crippen molar-refractivity contribution in [3.05, 3.63) is 64.2 Å². The summed E-state index contributed by atoms with van der Waals surface area (Å²) in [6.45, 7) is 2.81. The first-order valence-corrected chi connectivity index (χ1v) is 9.70. The van der Waals surface area contributed by atoms with Gasteiger partial charge in [0.1, 0.15) is 11.6 Å². The van der Waals surface area contributed by atoms with Crippen LogP contribution in [0.5, 0.6) is 0 Å². The number of halogens is 2. The van der Waals surface area contributed by atoms with E-state index in [1.807, 2.05) is 25.1 Å². The minimum atomic E-state index is -0.479. The van der Waals surface area contributed by atoms with Crippen LogP contribution < -0.4 is 5.32 Å². The van der Waals surface area contributed by atoms with E-state index in [-0.39, 0.29) is 16.5 Å². The minimum absolute atomic E-state index is 0.0779. The number of aryl methyl sites for hydroxylation is 2. The second-order valence-electron chi connectivity index (χ2n) is 7.01. The number of benzene rings is 2. The SMILES string of the molecule is Cc1ccc(-c2nnc3n2CCCCC3)cc1NC(=O)c1ccc(F)cc1Cl. The van der Waals surface area contributed by atoms with Gasteiger partial charge < -0.3 is 9.88 Å². The molecule has 1 aliphatic heterocycles. The lowest BCUT2D eigenvalue weighted by atomic mass is 10.1. The zero-order valence-corrected chi connectivity index (χ0v) is 16.3. The van der Waals surface area contributed by atoms with Crippen LogP contribution in [0.4, 0.5) is 10.1 Å². The molecule has 1 amide bonds. The third kappa shape index (κ3) is 3.64. The summed E-state index contributed by atoms with van der Waals surface area (Å²) in [7, 11) is 0. The lowest BCUT2D eigenvalue weighted by Gasteiger charge is -2.12. The maximum Gasteiger partial charge on any atom is 0.257 e. The van der Waals surface area contributed by atoms with E-state index in [4.69, 9.17) is 11.6 Å². The van der Waals surface area contributed by atoms with Crippen LogP contribution in [0.1, 0.15) is 41.0 Å². The first-order chi connectivity index (χ1) is 13.5. The van der Waals surface area contributed by atoms with E-state index in [2.05, 4.69) is 20.1 Å². The van der Waals surface area contributed by atoms with Crippen LogP contribution in [0.15, 0.2) is 36.4 Å². The number of aromatic nitrogens is 3. The molecule has 7 heteroatoms. The summed E-state index contributed by atoms with van der Waals surface area (Å²) >= 11 is 6.02. The molecule has 144 valence electrons. The van der Waals surface area contributed by atoms with Gasteiger partial charge in [0, 0.05) is 24.2 Å². The van der Waals surface area contributed by atoms with Crippen LogP contribution in [-0.4, -0.2) is 20.7 Å². The first kappa shape index (κ1) is 18.6. The molecule has 0 spiro atoms. The summed E-state index contributed by atoms with van der Waals surface area (Å²) in [5.74, 6) is 0.960. The quantitative estimate of drug-likeness (QED) is 0.673. The molecule has 0 bridgehead atoms. The van der Waals surface area contributed by atoms with Gasteiger partial charge in [0.05, 0.1) is 10.6 Å². The Bertz CT molecular complexity index is 1050. The monoisotopic (exact) mass is 398 g/mol. The molecule has 1 aliphatic rings. The van der Waals surface area contributed by atoms with Crippen molar-refractivity contribution < 1.29 is 9.18 Å². The van der Waals surface area contributed by atoms with Crippen molar-refractivity contribution >= 4 is 23.2 Å². The highest BCUT2D eigenvalue weighted by molar-refractivity contribution is 6.34. The minimum Gasteiger partial charge on any atom is -0.322 e. The van der Waals surface area contributed by atoms with Crippen molar-refractivity contribution in [1.82, 2.24) is 14.8 Å².